The van der Waals surface area contributed by atoms with Crippen molar-refractivity contribution in [2.75, 3.05) is 48.3 Å². The van der Waals surface area contributed by atoms with Crippen molar-refractivity contribution < 1.29 is 38.0 Å². The molecule has 4 aliphatic rings. The Morgan fingerprint density at radius 3 is 2.52 bits per heavy atom. The van der Waals surface area contributed by atoms with Crippen molar-refractivity contribution in [3.8, 4) is 28.7 Å². The fraction of sp³-hybridized carbons (Fsp3) is 0.548. The molecular formula is C31H39N3O8. The topological polar surface area (TPSA) is 117 Å². The predicted octanol–water partition coefficient (Wildman–Crippen LogP) is 3.42. The van der Waals surface area contributed by atoms with E-state index in [4.69, 9.17) is 28.4 Å². The first-order chi connectivity index (χ1) is 20.5. The number of methoxy groups -OCH3 is 3. The predicted molar refractivity (Wildman–Crippen MR) is 153 cm³/mol. The van der Waals surface area contributed by atoms with Crippen LogP contribution in [0.3, 0.4) is 0 Å². The number of rotatable bonds is 9. The second-order valence-corrected chi connectivity index (χ2v) is 11.2. The van der Waals surface area contributed by atoms with Crippen LogP contribution in [0.1, 0.15) is 76.9 Å². The highest BCUT2D eigenvalue weighted by molar-refractivity contribution is 5.98. The van der Waals surface area contributed by atoms with E-state index in [-0.39, 0.29) is 31.8 Å². The average molecular weight is 582 g/mol. The van der Waals surface area contributed by atoms with E-state index in [1.165, 1.54) is 33.5 Å². The molecule has 11 nitrogen and oxygen atoms in total. The molecule has 2 N–H and O–H groups in total. The normalized spacial score (nSPS) is 21.4. The van der Waals surface area contributed by atoms with Gasteiger partial charge in [0.05, 0.1) is 33.9 Å². The molecule has 0 bridgehead atoms. The van der Waals surface area contributed by atoms with Crippen LogP contribution in [0.5, 0.6) is 28.7 Å². The van der Waals surface area contributed by atoms with E-state index in [2.05, 4.69) is 15.5 Å². The van der Waals surface area contributed by atoms with E-state index >= 15 is 0 Å². The molecule has 3 heterocycles. The maximum atomic E-state index is 13.2. The van der Waals surface area contributed by atoms with Crippen LogP contribution in [0.15, 0.2) is 12.1 Å². The van der Waals surface area contributed by atoms with Gasteiger partial charge in [-0.15, -0.1) is 0 Å². The van der Waals surface area contributed by atoms with Crippen LogP contribution in [0.2, 0.25) is 0 Å². The lowest BCUT2D eigenvalue weighted by Gasteiger charge is -2.39. The summed E-state index contributed by atoms with van der Waals surface area (Å²) in [7, 11) is 6.65. The average Bonchev–Trinajstić information content (AvgIpc) is 3.63. The third kappa shape index (κ3) is 4.88. The highest BCUT2D eigenvalue weighted by atomic mass is 16.7. The fourth-order valence-corrected chi connectivity index (χ4v) is 6.90. The molecule has 0 radical (unpaired) electrons. The lowest BCUT2D eigenvalue weighted by molar-refractivity contribution is -0.120. The number of benzene rings is 2. The number of fused-ring (bicyclic) bond motifs is 3. The van der Waals surface area contributed by atoms with Crippen LogP contribution in [0.4, 0.5) is 0 Å². The van der Waals surface area contributed by atoms with Gasteiger partial charge in [0.15, 0.2) is 23.0 Å². The summed E-state index contributed by atoms with van der Waals surface area (Å²) in [5, 5.41) is 6.50. The molecule has 0 aromatic heterocycles. The van der Waals surface area contributed by atoms with Crippen molar-refractivity contribution in [2.24, 2.45) is 0 Å². The van der Waals surface area contributed by atoms with Gasteiger partial charge in [0.25, 0.3) is 0 Å². The molecule has 0 spiro atoms. The van der Waals surface area contributed by atoms with Gasteiger partial charge >= 0.3 is 5.97 Å². The fourth-order valence-electron chi connectivity index (χ4n) is 6.90. The summed E-state index contributed by atoms with van der Waals surface area (Å²) in [6.07, 6.45) is 5.97. The van der Waals surface area contributed by atoms with Gasteiger partial charge < -0.3 is 39.1 Å². The van der Waals surface area contributed by atoms with Gasteiger partial charge in [-0.1, -0.05) is 25.3 Å². The molecule has 2 atom stereocenters. The van der Waals surface area contributed by atoms with Gasteiger partial charge in [-0.3, -0.25) is 9.69 Å². The number of carbonyl (C=O) groups excluding carboxylic acids is 2. The van der Waals surface area contributed by atoms with Crippen molar-refractivity contribution in [3.05, 3.63) is 39.9 Å². The molecular weight excluding hydrogens is 542 g/mol. The number of esters is 1. The van der Waals surface area contributed by atoms with Crippen molar-refractivity contribution in [2.45, 2.75) is 63.3 Å². The van der Waals surface area contributed by atoms with Crippen LogP contribution in [-0.2, 0) is 22.5 Å². The van der Waals surface area contributed by atoms with Gasteiger partial charge in [-0.2, -0.15) is 0 Å². The second kappa shape index (κ2) is 11.9. The van der Waals surface area contributed by atoms with Crippen molar-refractivity contribution >= 4 is 11.9 Å². The van der Waals surface area contributed by atoms with Gasteiger partial charge in [-0.05, 0) is 37.9 Å². The molecule has 0 saturated heterocycles. The van der Waals surface area contributed by atoms with Crippen LogP contribution in [0.25, 0.3) is 0 Å². The Bertz CT molecular complexity index is 1370. The van der Waals surface area contributed by atoms with Crippen molar-refractivity contribution in [1.82, 2.24) is 15.5 Å². The number of cyclic esters (lactones) is 1. The Kier molecular flexibility index (Phi) is 8.04. The van der Waals surface area contributed by atoms with Crippen LogP contribution in [-0.4, -0.2) is 71.1 Å². The first kappa shape index (κ1) is 28.4. The minimum atomic E-state index is -0.632. The quantitative estimate of drug-likeness (QED) is 0.427. The van der Waals surface area contributed by atoms with Crippen LogP contribution in [0, 0.1) is 0 Å². The summed E-state index contributed by atoms with van der Waals surface area (Å²) in [5.41, 5.74) is 3.80. The van der Waals surface area contributed by atoms with Crippen LogP contribution >= 0.6 is 0 Å². The SMILES string of the molecule is COc1ccc2c(c1OC)C(=O)OC2C1c2c(c(CNC(=O)CNC3CCCCC3)c3c(c2OC)OCO3)CCN1C. The zero-order valence-electron chi connectivity index (χ0n) is 24.7. The summed E-state index contributed by atoms with van der Waals surface area (Å²) < 4.78 is 34.9. The Balaban J connectivity index is 1.35. The molecule has 1 amide bonds. The number of nitrogens with zero attached hydrogens (tertiary/aromatic N) is 1. The first-order valence-electron chi connectivity index (χ1n) is 14.6. The zero-order valence-corrected chi connectivity index (χ0v) is 24.7. The third-order valence-electron chi connectivity index (χ3n) is 8.94. The summed E-state index contributed by atoms with van der Waals surface area (Å²) in [6, 6.07) is 3.65. The Morgan fingerprint density at radius 1 is 1.02 bits per heavy atom. The lowest BCUT2D eigenvalue weighted by Crippen LogP contribution is -2.40. The van der Waals surface area contributed by atoms with Crippen LogP contribution < -0.4 is 34.3 Å². The second-order valence-electron chi connectivity index (χ2n) is 11.2. The molecule has 3 aliphatic heterocycles. The molecule has 2 unspecified atom stereocenters. The molecule has 1 fully saturated rings. The molecule has 2 aromatic rings. The van der Waals surface area contributed by atoms with E-state index in [0.717, 1.165) is 29.5 Å². The number of ether oxygens (including phenoxy) is 6. The molecule has 6 rings (SSSR count). The van der Waals surface area contributed by atoms with Gasteiger partial charge in [0.1, 0.15) is 11.7 Å². The van der Waals surface area contributed by atoms with Gasteiger partial charge in [-0.25, -0.2) is 4.79 Å². The van der Waals surface area contributed by atoms with Crippen molar-refractivity contribution in [1.29, 1.82) is 0 Å². The lowest BCUT2D eigenvalue weighted by atomic mass is 9.83. The standard InChI is InChI=1S/C31H39N3O8/c1-34-13-12-18-20(14-33-22(35)15-32-17-8-6-5-7-9-17)27-30(41-16-40-27)29(39-4)23(18)25(34)26-19-10-11-21(37-2)28(38-3)24(19)31(36)42-26/h10-11,17,25-26,32H,5-9,12-16H2,1-4H3,(H,33,35). The van der Waals surface area contributed by atoms with E-state index in [1.807, 2.05) is 13.1 Å². The molecule has 42 heavy (non-hydrogen) atoms. The smallest absolute Gasteiger partial charge is 0.343 e. The van der Waals surface area contributed by atoms with Gasteiger partial charge in [0.2, 0.25) is 18.4 Å². The maximum absolute atomic E-state index is 13.2. The summed E-state index contributed by atoms with van der Waals surface area (Å²) in [6.45, 7) is 1.30. The van der Waals surface area contributed by atoms with E-state index in [0.29, 0.717) is 58.9 Å². The Labute approximate surface area is 245 Å². The number of hydrogen-bond acceptors (Lipinski definition) is 10. The van der Waals surface area contributed by atoms with Gasteiger partial charge in [0, 0.05) is 35.8 Å². The summed E-state index contributed by atoms with van der Waals surface area (Å²) >= 11 is 0. The highest BCUT2D eigenvalue weighted by Gasteiger charge is 2.47. The molecule has 1 aliphatic carbocycles. The number of hydrogen-bond donors (Lipinski definition) is 2. The Hall–Kier alpha value is -3.70. The van der Waals surface area contributed by atoms with Crippen molar-refractivity contribution in [3.63, 3.8) is 0 Å². The summed E-state index contributed by atoms with van der Waals surface area (Å²) in [4.78, 5) is 28.3. The minimum absolute atomic E-state index is 0.0531. The zero-order chi connectivity index (χ0) is 29.4. The third-order valence-corrected chi connectivity index (χ3v) is 8.94. The monoisotopic (exact) mass is 581 g/mol. The Morgan fingerprint density at radius 2 is 1.79 bits per heavy atom. The largest absolute Gasteiger partial charge is 0.493 e. The van der Waals surface area contributed by atoms with E-state index in [1.54, 1.807) is 13.2 Å². The number of nitrogens with one attached hydrogen (secondary N) is 2. The first-order valence-corrected chi connectivity index (χ1v) is 14.6. The molecule has 1 saturated carbocycles. The number of amides is 1. The number of carbonyl (C=O) groups is 2. The maximum Gasteiger partial charge on any atom is 0.343 e. The summed E-state index contributed by atoms with van der Waals surface area (Å²) in [5.74, 6) is 1.91. The molecule has 226 valence electrons. The van der Waals surface area contributed by atoms with E-state index < -0.39 is 12.1 Å². The minimum Gasteiger partial charge on any atom is -0.493 e. The number of likely N-dealkylation sites (N-methyl/N-ethyl adjacent to an activating group) is 1. The molecule has 2 aromatic carbocycles. The molecule has 11 heteroatoms. The van der Waals surface area contributed by atoms with E-state index in [9.17, 15) is 9.59 Å². The highest BCUT2D eigenvalue weighted by Crippen LogP contribution is 2.56.